The van der Waals surface area contributed by atoms with E-state index in [4.69, 9.17) is 4.74 Å². The van der Waals surface area contributed by atoms with Crippen LogP contribution in [-0.2, 0) is 17.7 Å². The molecule has 0 saturated carbocycles. The maximum absolute atomic E-state index is 5.84. The van der Waals surface area contributed by atoms with E-state index < -0.39 is 0 Å². The van der Waals surface area contributed by atoms with Crippen LogP contribution in [0.3, 0.4) is 0 Å². The second-order valence-corrected chi connectivity index (χ2v) is 7.55. The molecule has 0 spiro atoms. The zero-order chi connectivity index (χ0) is 17.7. The first-order chi connectivity index (χ1) is 12.1. The van der Waals surface area contributed by atoms with Crippen LogP contribution in [0.5, 0.6) is 0 Å². The van der Waals surface area contributed by atoms with Crippen LogP contribution in [0.1, 0.15) is 37.8 Å². The van der Waals surface area contributed by atoms with E-state index in [2.05, 4.69) is 58.6 Å². The molecule has 0 aliphatic carbocycles. The third kappa shape index (κ3) is 5.57. The molecule has 146 valence electrons. The Morgan fingerprint density at radius 1 is 1.31 bits per heavy atom. The van der Waals surface area contributed by atoms with Crippen molar-refractivity contribution < 1.29 is 4.74 Å². The second-order valence-electron chi connectivity index (χ2n) is 7.55. The van der Waals surface area contributed by atoms with Gasteiger partial charge in [-0.25, -0.2) is 0 Å². The predicted molar refractivity (Wildman–Crippen MR) is 118 cm³/mol. The van der Waals surface area contributed by atoms with Crippen molar-refractivity contribution in [3.05, 3.63) is 35.4 Å². The lowest BCUT2D eigenvalue weighted by molar-refractivity contribution is 0.0242. The number of nitrogens with one attached hydrogen (secondary N) is 2. The Morgan fingerprint density at radius 2 is 2.08 bits per heavy atom. The van der Waals surface area contributed by atoms with Crippen LogP contribution in [0.15, 0.2) is 29.3 Å². The number of benzene rings is 1. The van der Waals surface area contributed by atoms with Crippen molar-refractivity contribution in [1.29, 1.82) is 0 Å². The van der Waals surface area contributed by atoms with Crippen molar-refractivity contribution >= 4 is 29.9 Å². The number of nitrogens with zero attached hydrogens (tertiary/aromatic N) is 2. The zero-order valence-electron chi connectivity index (χ0n) is 16.3. The highest BCUT2D eigenvalue weighted by atomic mass is 127. The molecular weight excluding hydrogens is 439 g/mol. The molecule has 6 heteroatoms. The average molecular weight is 472 g/mol. The smallest absolute Gasteiger partial charge is 0.191 e. The molecule has 0 bridgehead atoms. The van der Waals surface area contributed by atoms with Crippen LogP contribution in [0.2, 0.25) is 0 Å². The fourth-order valence-electron chi connectivity index (χ4n) is 3.73. The number of ether oxygens (including phenoxy) is 1. The number of hydrogen-bond donors (Lipinski definition) is 2. The highest BCUT2D eigenvalue weighted by Gasteiger charge is 2.29. The molecule has 1 saturated heterocycles. The van der Waals surface area contributed by atoms with Gasteiger partial charge in [0.15, 0.2) is 5.96 Å². The first-order valence-corrected chi connectivity index (χ1v) is 9.49. The SMILES string of the molecule is CN=C(NCC(C)N1CCc2ccccc2C1)NCC1(C)CCCO1.I. The minimum absolute atomic E-state index is 0. The Balaban J connectivity index is 0.00000243. The van der Waals surface area contributed by atoms with Gasteiger partial charge in [-0.2, -0.15) is 0 Å². The number of guanidine groups is 1. The molecule has 1 aromatic rings. The maximum atomic E-state index is 5.84. The summed E-state index contributed by atoms with van der Waals surface area (Å²) in [5.74, 6) is 0.862. The fraction of sp³-hybridized carbons (Fsp3) is 0.650. The van der Waals surface area contributed by atoms with Crippen LogP contribution in [0.4, 0.5) is 0 Å². The zero-order valence-corrected chi connectivity index (χ0v) is 18.6. The van der Waals surface area contributed by atoms with Crippen LogP contribution in [0, 0.1) is 0 Å². The van der Waals surface area contributed by atoms with Crippen LogP contribution >= 0.6 is 24.0 Å². The van der Waals surface area contributed by atoms with Gasteiger partial charge in [-0.05, 0) is 44.2 Å². The minimum atomic E-state index is -0.0557. The topological polar surface area (TPSA) is 48.9 Å². The third-order valence-corrected chi connectivity index (χ3v) is 5.50. The van der Waals surface area contributed by atoms with Gasteiger partial charge in [0.2, 0.25) is 0 Å². The standard InChI is InChI=1S/C20H32N4O.HI/c1-16(24-11-9-17-7-4-5-8-18(17)14-24)13-22-19(21-3)23-15-20(2)10-6-12-25-20;/h4-5,7-8,16H,6,9-15H2,1-3H3,(H2,21,22,23);1H. The molecule has 2 unspecified atom stereocenters. The van der Waals surface area contributed by atoms with E-state index in [1.807, 2.05) is 7.05 Å². The van der Waals surface area contributed by atoms with Gasteiger partial charge in [0.1, 0.15) is 0 Å². The van der Waals surface area contributed by atoms with Gasteiger partial charge in [-0.15, -0.1) is 24.0 Å². The van der Waals surface area contributed by atoms with Crippen molar-refractivity contribution in [3.8, 4) is 0 Å². The summed E-state index contributed by atoms with van der Waals surface area (Å²) >= 11 is 0. The fourth-order valence-corrected chi connectivity index (χ4v) is 3.73. The summed E-state index contributed by atoms with van der Waals surface area (Å²) in [6, 6.07) is 9.26. The maximum Gasteiger partial charge on any atom is 0.191 e. The first-order valence-electron chi connectivity index (χ1n) is 9.49. The van der Waals surface area contributed by atoms with Crippen molar-refractivity contribution in [2.45, 2.75) is 51.3 Å². The van der Waals surface area contributed by atoms with E-state index in [0.29, 0.717) is 6.04 Å². The molecule has 2 heterocycles. The van der Waals surface area contributed by atoms with Crippen molar-refractivity contribution in [3.63, 3.8) is 0 Å². The quantitative estimate of drug-likeness (QED) is 0.393. The van der Waals surface area contributed by atoms with Crippen LogP contribution in [0.25, 0.3) is 0 Å². The molecule has 0 aromatic heterocycles. The summed E-state index contributed by atoms with van der Waals surface area (Å²) in [5.41, 5.74) is 2.91. The molecule has 2 N–H and O–H groups in total. The molecule has 3 rings (SSSR count). The molecule has 1 fully saturated rings. The molecule has 2 aliphatic heterocycles. The van der Waals surface area contributed by atoms with Crippen LogP contribution < -0.4 is 10.6 Å². The first kappa shape index (κ1) is 21.4. The number of rotatable bonds is 5. The minimum Gasteiger partial charge on any atom is -0.373 e. The molecule has 2 aliphatic rings. The van der Waals surface area contributed by atoms with Crippen LogP contribution in [-0.4, -0.2) is 55.8 Å². The van der Waals surface area contributed by atoms with Gasteiger partial charge in [0.25, 0.3) is 0 Å². The van der Waals surface area contributed by atoms with E-state index in [1.54, 1.807) is 0 Å². The Kier molecular flexibility index (Phi) is 8.16. The summed E-state index contributed by atoms with van der Waals surface area (Å²) in [6.07, 6.45) is 3.40. The summed E-state index contributed by atoms with van der Waals surface area (Å²) in [6.45, 7) is 9.19. The molecule has 26 heavy (non-hydrogen) atoms. The second kappa shape index (κ2) is 9.90. The lowest BCUT2D eigenvalue weighted by atomic mass is 9.99. The number of aliphatic imine (C=N–C) groups is 1. The summed E-state index contributed by atoms with van der Waals surface area (Å²) in [7, 11) is 1.83. The van der Waals surface area contributed by atoms with Gasteiger partial charge in [0, 0.05) is 45.9 Å². The van der Waals surface area contributed by atoms with Gasteiger partial charge in [-0.1, -0.05) is 24.3 Å². The van der Waals surface area contributed by atoms with Crippen molar-refractivity contribution in [2.24, 2.45) is 4.99 Å². The average Bonchev–Trinajstić information content (AvgIpc) is 3.08. The lowest BCUT2D eigenvalue weighted by Gasteiger charge is -2.34. The van der Waals surface area contributed by atoms with E-state index in [9.17, 15) is 0 Å². The number of halogens is 1. The van der Waals surface area contributed by atoms with Gasteiger partial charge < -0.3 is 15.4 Å². The molecule has 2 atom stereocenters. The van der Waals surface area contributed by atoms with Crippen molar-refractivity contribution in [1.82, 2.24) is 15.5 Å². The third-order valence-electron chi connectivity index (χ3n) is 5.50. The summed E-state index contributed by atoms with van der Waals surface area (Å²) in [4.78, 5) is 6.90. The van der Waals surface area contributed by atoms with Gasteiger partial charge in [-0.3, -0.25) is 9.89 Å². The molecule has 0 radical (unpaired) electrons. The largest absolute Gasteiger partial charge is 0.373 e. The Hall–Kier alpha value is -0.860. The summed E-state index contributed by atoms with van der Waals surface area (Å²) in [5, 5.41) is 6.89. The van der Waals surface area contributed by atoms with Crippen molar-refractivity contribution in [2.75, 3.05) is 33.3 Å². The van der Waals surface area contributed by atoms with Gasteiger partial charge >= 0.3 is 0 Å². The Morgan fingerprint density at radius 3 is 2.77 bits per heavy atom. The Labute approximate surface area is 175 Å². The molecule has 1 aromatic carbocycles. The highest BCUT2D eigenvalue weighted by Crippen LogP contribution is 2.24. The summed E-state index contributed by atoms with van der Waals surface area (Å²) < 4.78 is 5.84. The normalized spacial score (nSPS) is 24.5. The van der Waals surface area contributed by atoms with E-state index in [1.165, 1.54) is 11.1 Å². The van der Waals surface area contributed by atoms with E-state index in [-0.39, 0.29) is 29.6 Å². The predicted octanol–water partition coefficient (Wildman–Crippen LogP) is 2.79. The monoisotopic (exact) mass is 472 g/mol. The van der Waals surface area contributed by atoms with E-state index in [0.717, 1.165) is 58.0 Å². The molecule has 0 amide bonds. The number of hydrogen-bond acceptors (Lipinski definition) is 3. The van der Waals surface area contributed by atoms with E-state index >= 15 is 0 Å². The number of fused-ring (bicyclic) bond motifs is 1. The highest BCUT2D eigenvalue weighted by molar-refractivity contribution is 14.0. The Bertz CT molecular complexity index is 601. The van der Waals surface area contributed by atoms with Gasteiger partial charge in [0.05, 0.1) is 5.60 Å². The molecule has 5 nitrogen and oxygen atoms in total. The molecular formula is C20H33IN4O. The lowest BCUT2D eigenvalue weighted by Crippen LogP contribution is -2.49.